The Morgan fingerprint density at radius 2 is 2.00 bits per heavy atom. The summed E-state index contributed by atoms with van der Waals surface area (Å²) in [5, 5.41) is 0.302. The highest BCUT2D eigenvalue weighted by Gasteiger charge is 2.26. The van der Waals surface area contributed by atoms with Gasteiger partial charge in [-0.2, -0.15) is 0 Å². The highest BCUT2D eigenvalue weighted by atomic mass is 35.5. The molecule has 0 amide bonds. The van der Waals surface area contributed by atoms with Crippen LogP contribution in [0.2, 0.25) is 5.02 Å². The van der Waals surface area contributed by atoms with Gasteiger partial charge in [-0.05, 0) is 12.1 Å². The van der Waals surface area contributed by atoms with Crippen LogP contribution >= 0.6 is 23.8 Å². The number of nitrogens with zero attached hydrogens (tertiary/aromatic N) is 1. The van der Waals surface area contributed by atoms with Crippen LogP contribution in [0, 0.1) is 5.82 Å². The molecule has 0 aromatic heterocycles. The number of benzene rings is 1. The molecule has 2 N–H and O–H groups in total. The minimum Gasteiger partial charge on any atom is -0.392 e. The third-order valence-electron chi connectivity index (χ3n) is 2.64. The molecule has 1 atom stereocenters. The molecule has 0 aliphatic heterocycles. The number of halogens is 2. The van der Waals surface area contributed by atoms with Crippen molar-refractivity contribution in [2.24, 2.45) is 5.73 Å². The van der Waals surface area contributed by atoms with Crippen LogP contribution in [-0.2, 0) is 0 Å². The quantitative estimate of drug-likeness (QED) is 0.617. The van der Waals surface area contributed by atoms with E-state index in [-0.39, 0.29) is 4.99 Å². The maximum absolute atomic E-state index is 14.0. The third-order valence-corrected chi connectivity index (χ3v) is 3.19. The average molecular weight is 299 g/mol. The number of thiocarbonyl (C=S) groups is 1. The van der Waals surface area contributed by atoms with Crippen LogP contribution in [0.5, 0.6) is 0 Å². The van der Waals surface area contributed by atoms with E-state index in [0.717, 1.165) is 0 Å². The highest BCUT2D eigenvalue weighted by molar-refractivity contribution is 7.80. The van der Waals surface area contributed by atoms with Crippen LogP contribution in [-0.4, -0.2) is 23.0 Å². The van der Waals surface area contributed by atoms with Gasteiger partial charge in [0.25, 0.3) is 0 Å². The van der Waals surface area contributed by atoms with E-state index in [1.165, 1.54) is 6.07 Å². The van der Waals surface area contributed by atoms with Crippen molar-refractivity contribution in [3.8, 4) is 0 Å². The van der Waals surface area contributed by atoms with Gasteiger partial charge >= 0.3 is 0 Å². The Morgan fingerprint density at radius 3 is 2.42 bits per heavy atom. The van der Waals surface area contributed by atoms with E-state index < -0.39 is 11.9 Å². The topological polar surface area (TPSA) is 29.3 Å². The first-order chi connectivity index (χ1) is 9.02. The summed E-state index contributed by atoms with van der Waals surface area (Å²) in [6.07, 6.45) is 3.40. The highest BCUT2D eigenvalue weighted by Crippen LogP contribution is 2.30. The van der Waals surface area contributed by atoms with E-state index in [1.54, 1.807) is 24.3 Å². The summed E-state index contributed by atoms with van der Waals surface area (Å²) < 4.78 is 14.0. The molecule has 0 heterocycles. The largest absolute Gasteiger partial charge is 0.392 e. The molecule has 0 aliphatic carbocycles. The van der Waals surface area contributed by atoms with Crippen LogP contribution in [0.3, 0.4) is 0 Å². The SMILES string of the molecule is C=CCN(CC=C)C(C(N)=S)c1c(F)cccc1Cl. The van der Waals surface area contributed by atoms with Crippen molar-refractivity contribution in [1.82, 2.24) is 4.90 Å². The molecule has 0 saturated heterocycles. The Morgan fingerprint density at radius 1 is 1.42 bits per heavy atom. The van der Waals surface area contributed by atoms with Gasteiger partial charge in [0.05, 0.1) is 11.0 Å². The van der Waals surface area contributed by atoms with Crippen molar-refractivity contribution in [1.29, 1.82) is 0 Å². The molecular weight excluding hydrogens is 283 g/mol. The summed E-state index contributed by atoms with van der Waals surface area (Å²) in [4.78, 5) is 2.02. The minimum absolute atomic E-state index is 0.163. The molecule has 1 unspecified atom stereocenters. The molecule has 0 radical (unpaired) electrons. The van der Waals surface area contributed by atoms with Crippen LogP contribution in [0.4, 0.5) is 4.39 Å². The molecule has 0 spiro atoms. The van der Waals surface area contributed by atoms with Crippen molar-refractivity contribution >= 4 is 28.8 Å². The van der Waals surface area contributed by atoms with E-state index in [4.69, 9.17) is 29.6 Å². The average Bonchev–Trinajstić information content (AvgIpc) is 2.33. The Bertz CT molecular complexity index is 460. The van der Waals surface area contributed by atoms with Crippen molar-refractivity contribution in [2.45, 2.75) is 6.04 Å². The van der Waals surface area contributed by atoms with E-state index in [1.807, 2.05) is 4.90 Å². The zero-order valence-electron chi connectivity index (χ0n) is 10.5. The molecule has 1 aromatic rings. The molecule has 0 fully saturated rings. The Balaban J connectivity index is 3.29. The normalized spacial score (nSPS) is 12.2. The standard InChI is InChI=1S/C14H16ClFN2S/c1-3-8-18(9-4-2)13(14(17)19)12-10(15)6-5-7-11(12)16/h3-7,13H,1-2,8-9H2,(H2,17,19). The Labute approximate surface area is 123 Å². The summed E-state index contributed by atoms with van der Waals surface area (Å²) >= 11 is 11.1. The van der Waals surface area contributed by atoms with Crippen molar-refractivity contribution in [2.75, 3.05) is 13.1 Å². The van der Waals surface area contributed by atoms with E-state index in [9.17, 15) is 4.39 Å². The second kappa shape index (κ2) is 7.38. The van der Waals surface area contributed by atoms with E-state index in [2.05, 4.69) is 13.2 Å². The van der Waals surface area contributed by atoms with Gasteiger partial charge in [-0.25, -0.2) is 4.39 Å². The lowest BCUT2D eigenvalue weighted by Crippen LogP contribution is -2.38. The Kier molecular flexibility index (Phi) is 6.15. The van der Waals surface area contributed by atoms with Gasteiger partial charge in [0.2, 0.25) is 0 Å². The van der Waals surface area contributed by atoms with E-state index >= 15 is 0 Å². The maximum Gasteiger partial charge on any atom is 0.129 e. The van der Waals surface area contributed by atoms with Crippen LogP contribution in [0.15, 0.2) is 43.5 Å². The van der Waals surface area contributed by atoms with Crippen LogP contribution < -0.4 is 5.73 Å². The molecule has 0 bridgehead atoms. The van der Waals surface area contributed by atoms with Crippen molar-refractivity contribution in [3.63, 3.8) is 0 Å². The van der Waals surface area contributed by atoms with E-state index in [0.29, 0.717) is 23.7 Å². The monoisotopic (exact) mass is 298 g/mol. The second-order valence-electron chi connectivity index (χ2n) is 3.97. The molecule has 0 saturated carbocycles. The Hall–Kier alpha value is -1.23. The smallest absolute Gasteiger partial charge is 0.129 e. The number of nitrogens with two attached hydrogens (primary N) is 1. The summed E-state index contributed by atoms with van der Waals surface area (Å²) in [6, 6.07) is 3.92. The molecule has 1 rings (SSSR count). The molecule has 1 aromatic carbocycles. The fourth-order valence-electron chi connectivity index (χ4n) is 1.89. The summed E-state index contributed by atoms with van der Waals surface area (Å²) in [5.74, 6) is -0.427. The van der Waals surface area contributed by atoms with Gasteiger partial charge in [-0.1, -0.05) is 42.0 Å². The van der Waals surface area contributed by atoms with Crippen molar-refractivity contribution in [3.05, 3.63) is 59.9 Å². The minimum atomic E-state index is -0.584. The van der Waals surface area contributed by atoms with Gasteiger partial charge in [0, 0.05) is 23.7 Å². The lowest BCUT2D eigenvalue weighted by atomic mass is 10.0. The predicted octanol–water partition coefficient (Wildman–Crippen LogP) is 3.48. The van der Waals surface area contributed by atoms with Crippen molar-refractivity contribution < 1.29 is 4.39 Å². The van der Waals surface area contributed by atoms with Gasteiger partial charge < -0.3 is 5.73 Å². The fourth-order valence-corrected chi connectivity index (χ4v) is 2.43. The van der Waals surface area contributed by atoms with Crippen LogP contribution in [0.1, 0.15) is 11.6 Å². The lowest BCUT2D eigenvalue weighted by Gasteiger charge is -2.30. The first kappa shape index (κ1) is 15.8. The first-order valence-electron chi connectivity index (χ1n) is 5.72. The summed E-state index contributed by atoms with van der Waals surface area (Å²) in [7, 11) is 0. The number of hydrogen-bond donors (Lipinski definition) is 1. The summed E-state index contributed by atoms with van der Waals surface area (Å²) in [6.45, 7) is 8.35. The van der Waals surface area contributed by atoms with Gasteiger partial charge in [-0.15, -0.1) is 13.2 Å². The molecular formula is C14H16ClFN2S. The number of rotatable bonds is 7. The zero-order chi connectivity index (χ0) is 14.4. The zero-order valence-corrected chi connectivity index (χ0v) is 12.1. The maximum atomic E-state index is 14.0. The predicted molar refractivity (Wildman–Crippen MR) is 82.9 cm³/mol. The molecule has 2 nitrogen and oxygen atoms in total. The van der Waals surface area contributed by atoms with Gasteiger partial charge in [0.1, 0.15) is 5.82 Å². The third kappa shape index (κ3) is 3.86. The van der Waals surface area contributed by atoms with Crippen LogP contribution in [0.25, 0.3) is 0 Å². The molecule has 102 valence electrons. The summed E-state index contributed by atoms with van der Waals surface area (Å²) in [5.41, 5.74) is 6.06. The molecule has 19 heavy (non-hydrogen) atoms. The fraction of sp³-hybridized carbons (Fsp3) is 0.214. The second-order valence-corrected chi connectivity index (χ2v) is 4.85. The first-order valence-corrected chi connectivity index (χ1v) is 6.50. The lowest BCUT2D eigenvalue weighted by molar-refractivity contribution is 0.296. The molecule has 0 aliphatic rings. The number of hydrogen-bond acceptors (Lipinski definition) is 2. The van der Waals surface area contributed by atoms with Gasteiger partial charge in [0.15, 0.2) is 0 Å². The van der Waals surface area contributed by atoms with Gasteiger partial charge in [-0.3, -0.25) is 4.90 Å². The molecule has 5 heteroatoms.